The molecule has 3 unspecified atom stereocenters. The smallest absolute Gasteiger partial charge is 0.194 e. The van der Waals surface area contributed by atoms with E-state index in [4.69, 9.17) is 29.2 Å². The molecule has 0 saturated heterocycles. The average molecular weight is 799 g/mol. The van der Waals surface area contributed by atoms with Gasteiger partial charge in [0.05, 0.1) is 18.0 Å². The summed E-state index contributed by atoms with van der Waals surface area (Å²) in [6.07, 6.45) is -17.3. The average Bonchev–Trinajstić information content (AvgIpc) is 3.20. The van der Waals surface area contributed by atoms with E-state index in [-0.39, 0.29) is 35.0 Å². The lowest BCUT2D eigenvalue weighted by Gasteiger charge is -2.40. The Morgan fingerprint density at radius 1 is 0.600 bits per heavy atom. The molecule has 2 fully saturated rings. The Bertz CT molecular complexity index is 1750. The molecule has 11 atom stereocenters. The fraction of sp³-hybridized carbons (Fsp3) is 0.405. The Hall–Kier alpha value is -4.02. The third-order valence-corrected chi connectivity index (χ3v) is 9.79. The Balaban J connectivity index is 1.24. The number of anilines is 2. The highest BCUT2D eigenvalue weighted by Gasteiger charge is 2.49. The lowest BCUT2D eigenvalue weighted by Crippen LogP contribution is -2.63. The highest BCUT2D eigenvalue weighted by atomic mass is 32.1. The third kappa shape index (κ3) is 10.1. The molecule has 55 heavy (non-hydrogen) atoms. The Morgan fingerprint density at radius 2 is 1.00 bits per heavy atom. The van der Waals surface area contributed by atoms with Crippen LogP contribution in [-0.4, -0.2) is 142 Å². The van der Waals surface area contributed by atoms with Crippen LogP contribution < -0.4 is 20.7 Å². The van der Waals surface area contributed by atoms with Crippen molar-refractivity contribution in [2.75, 3.05) is 23.2 Å². The molecule has 0 amide bonds. The van der Waals surface area contributed by atoms with Crippen molar-refractivity contribution in [1.29, 1.82) is 0 Å². The van der Waals surface area contributed by atoms with E-state index in [1.54, 1.807) is 67.6 Å². The zero-order valence-electron chi connectivity index (χ0n) is 29.7. The molecule has 11 N–H and O–H groups in total. The van der Waals surface area contributed by atoms with Crippen LogP contribution in [0.2, 0.25) is 0 Å². The number of aliphatic hydroxyl groups excluding tert-OH is 9. The van der Waals surface area contributed by atoms with Crippen LogP contribution in [0.3, 0.4) is 0 Å². The van der Waals surface area contributed by atoms with E-state index in [9.17, 15) is 46.0 Å². The first kappa shape index (κ1) is 42.1. The Morgan fingerprint density at radius 3 is 1.45 bits per heavy atom. The van der Waals surface area contributed by atoms with E-state index in [1.165, 1.54) is 10.0 Å². The lowest BCUT2D eigenvalue weighted by molar-refractivity contribution is -0.159. The quantitative estimate of drug-likeness (QED) is 0.0820. The van der Waals surface area contributed by atoms with Crippen molar-refractivity contribution >= 4 is 57.5 Å². The molecule has 0 bridgehead atoms. The number of rotatable bonds is 11. The van der Waals surface area contributed by atoms with Gasteiger partial charge in [-0.15, -0.1) is 0 Å². The van der Waals surface area contributed by atoms with Crippen LogP contribution in [0.25, 0.3) is 0 Å². The number of ether oxygens (including phenoxy) is 1. The Labute approximate surface area is 328 Å². The molecule has 0 spiro atoms. The third-order valence-electron chi connectivity index (χ3n) is 9.16. The highest BCUT2D eigenvalue weighted by Crippen LogP contribution is 2.26. The molecule has 0 aromatic heterocycles. The maximum Gasteiger partial charge on any atom is 0.194 e. The Kier molecular flexibility index (Phi) is 14.7. The van der Waals surface area contributed by atoms with Gasteiger partial charge in [0.15, 0.2) is 10.2 Å². The summed E-state index contributed by atoms with van der Waals surface area (Å²) in [5.41, 5.74) is 1.10. The number of hydrogen-bond donors (Lipinski definition) is 11. The number of nitrogens with zero attached hydrogens (tertiary/aromatic N) is 4. The number of hydrogen-bond acceptors (Lipinski definition) is 14. The molecule has 296 valence electrons. The maximum absolute atomic E-state index is 11.2. The summed E-state index contributed by atoms with van der Waals surface area (Å²) in [7, 11) is 0. The van der Waals surface area contributed by atoms with E-state index in [2.05, 4.69) is 20.8 Å². The molecule has 2 saturated carbocycles. The number of aliphatic hydroxyl groups is 9. The monoisotopic (exact) mass is 798 g/mol. The van der Waals surface area contributed by atoms with Crippen molar-refractivity contribution in [3.8, 4) is 0 Å². The van der Waals surface area contributed by atoms with Gasteiger partial charge in [0.25, 0.3) is 0 Å². The van der Waals surface area contributed by atoms with E-state index in [0.717, 1.165) is 5.56 Å². The summed E-state index contributed by atoms with van der Waals surface area (Å²) in [4.78, 5) is 0. The van der Waals surface area contributed by atoms with Crippen molar-refractivity contribution in [2.45, 2.75) is 74.5 Å². The molecule has 0 radical (unpaired) electrons. The molecule has 2 aliphatic rings. The zero-order chi connectivity index (χ0) is 39.8. The van der Waals surface area contributed by atoms with Gasteiger partial charge in [0.1, 0.15) is 72.5 Å². The topological polar surface area (TPSA) is 247 Å². The molecule has 0 aliphatic heterocycles. The van der Waals surface area contributed by atoms with Gasteiger partial charge in [0, 0.05) is 13.1 Å². The molecular formula is C37H46N6O10S2. The number of benzene rings is 3. The molecular weight excluding hydrogens is 753 g/mol. The van der Waals surface area contributed by atoms with Crippen molar-refractivity contribution in [3.05, 3.63) is 96.6 Å². The van der Waals surface area contributed by atoms with Gasteiger partial charge in [-0.05, 0) is 60.2 Å². The molecule has 2 aliphatic carbocycles. The van der Waals surface area contributed by atoms with Gasteiger partial charge in [-0.25, -0.2) is 10.0 Å². The van der Waals surface area contributed by atoms with Crippen LogP contribution in [0, 0.1) is 5.92 Å². The summed E-state index contributed by atoms with van der Waals surface area (Å²) in [5, 5.41) is 113. The summed E-state index contributed by atoms with van der Waals surface area (Å²) < 4.78 is 5.85. The van der Waals surface area contributed by atoms with Crippen LogP contribution in [0.5, 0.6) is 0 Å². The summed E-state index contributed by atoms with van der Waals surface area (Å²) in [5.74, 6) is -0.363. The lowest BCUT2D eigenvalue weighted by atomic mass is 9.85. The molecule has 0 heterocycles. The van der Waals surface area contributed by atoms with E-state index in [0.29, 0.717) is 17.9 Å². The first-order valence-electron chi connectivity index (χ1n) is 17.5. The number of hydrazone groups is 2. The van der Waals surface area contributed by atoms with Gasteiger partial charge in [-0.3, -0.25) is 0 Å². The number of nitrogens with one attached hydrogen (secondary N) is 2. The first-order chi connectivity index (χ1) is 26.3. The first-order valence-corrected chi connectivity index (χ1v) is 18.3. The molecule has 18 heteroatoms. The van der Waals surface area contributed by atoms with Gasteiger partial charge < -0.3 is 61.3 Å². The number of thiocarbonyl (C=S) groups is 2. The van der Waals surface area contributed by atoms with Crippen molar-refractivity contribution in [3.63, 3.8) is 0 Å². The van der Waals surface area contributed by atoms with Gasteiger partial charge in [-0.2, -0.15) is 10.2 Å². The second kappa shape index (κ2) is 19.2. The van der Waals surface area contributed by atoms with Crippen LogP contribution in [0.15, 0.2) is 101 Å². The van der Waals surface area contributed by atoms with Gasteiger partial charge >= 0.3 is 0 Å². The van der Waals surface area contributed by atoms with Crippen LogP contribution in [0.1, 0.15) is 12.5 Å². The molecule has 3 aromatic rings. The minimum Gasteiger partial charge on any atom is -0.387 e. The second-order valence-electron chi connectivity index (χ2n) is 13.3. The van der Waals surface area contributed by atoms with Gasteiger partial charge in [0.2, 0.25) is 0 Å². The minimum atomic E-state index is -1.82. The zero-order valence-corrected chi connectivity index (χ0v) is 31.3. The second-order valence-corrected chi connectivity index (χ2v) is 14.1. The normalized spacial score (nSPS) is 30.1. The maximum atomic E-state index is 11.2. The molecule has 16 nitrogen and oxygen atoms in total. The van der Waals surface area contributed by atoms with E-state index >= 15 is 0 Å². The predicted octanol–water partition coefficient (Wildman–Crippen LogP) is -1.04. The summed E-state index contributed by atoms with van der Waals surface area (Å²) in [6.45, 7) is 2.18. The van der Waals surface area contributed by atoms with Crippen LogP contribution in [0.4, 0.5) is 11.4 Å². The fourth-order valence-corrected chi connectivity index (χ4v) is 6.40. The van der Waals surface area contributed by atoms with Crippen LogP contribution >= 0.6 is 24.4 Å². The predicted molar refractivity (Wildman–Crippen MR) is 212 cm³/mol. The molecule has 3 aromatic carbocycles. The van der Waals surface area contributed by atoms with Crippen molar-refractivity contribution in [1.82, 2.24) is 10.6 Å². The SMILES string of the molecule is CC(CNC(=S)N(N=C1[C@@H](O)[C@@H](O)C(O)[C@H](O)[C@H]1O)c1ccccc1)COC1[C@H](O)[C@H](O)C(=NN(C(=S)NCc2ccccc2)c2ccccc2)[C@H](O)[C@H]1O. The minimum absolute atomic E-state index is 0.0105. The summed E-state index contributed by atoms with van der Waals surface area (Å²) >= 11 is 11.2. The van der Waals surface area contributed by atoms with E-state index < -0.39 is 66.8 Å². The molecule has 5 rings (SSSR count). The highest BCUT2D eigenvalue weighted by molar-refractivity contribution is 7.80. The van der Waals surface area contributed by atoms with Crippen molar-refractivity contribution < 1.29 is 50.7 Å². The van der Waals surface area contributed by atoms with Crippen molar-refractivity contribution in [2.24, 2.45) is 16.1 Å². The van der Waals surface area contributed by atoms with E-state index in [1.807, 2.05) is 30.3 Å². The standard InChI is InChI=1S/C37H46N6O10S2/c1-20(17-38-36(54)42(22-13-7-3-8-14-22)40-24-26(44)30(48)32(50)31(49)27(24)45)19-53-35-33(51)28(46)25(29(47)34(35)52)41-43(23-15-9-4-10-16-23)37(55)39-18-21-11-5-2-6-12-21/h2-16,20,26-35,44-52H,17-19H2,1H3,(H,38,54)(H,39,55)/t20?,26-,27+,28-,29+,30-,31-,32?,33-,34-,35?/m1/s1. The summed E-state index contributed by atoms with van der Waals surface area (Å²) in [6, 6.07) is 26.7. The van der Waals surface area contributed by atoms with Crippen LogP contribution in [-0.2, 0) is 11.3 Å². The van der Waals surface area contributed by atoms with Gasteiger partial charge in [-0.1, -0.05) is 73.7 Å². The largest absolute Gasteiger partial charge is 0.387 e. The fourth-order valence-electron chi connectivity index (χ4n) is 5.95. The number of para-hydroxylation sites is 2.